The molecule has 2 aromatic heterocycles. The Hall–Kier alpha value is -1.37. The van der Waals surface area contributed by atoms with Gasteiger partial charge in [0.15, 0.2) is 28.4 Å². The van der Waals surface area contributed by atoms with Crippen molar-refractivity contribution in [2.75, 3.05) is 36.2 Å². The summed E-state index contributed by atoms with van der Waals surface area (Å²) in [6, 6.07) is 0. The van der Waals surface area contributed by atoms with Gasteiger partial charge in [0.05, 0.1) is 19.4 Å². The molecule has 0 spiro atoms. The maximum absolute atomic E-state index is 12.6. The number of hydrogen-bond acceptors (Lipinski definition) is 11. The Kier molecular flexibility index (Phi) is 9.15. The van der Waals surface area contributed by atoms with Gasteiger partial charge in [-0.1, -0.05) is 11.8 Å². The number of alkyl halides is 3. The highest BCUT2D eigenvalue weighted by atomic mass is 32.2. The van der Waals surface area contributed by atoms with Gasteiger partial charge in [-0.3, -0.25) is 13.3 Å². The van der Waals surface area contributed by atoms with Crippen molar-refractivity contribution in [3.05, 3.63) is 6.33 Å². The number of imidazole rings is 1. The molecule has 5 atom stereocenters. The average Bonchev–Trinajstić information content (AvgIpc) is 3.26. The van der Waals surface area contributed by atoms with Crippen LogP contribution in [0.3, 0.4) is 0 Å². The van der Waals surface area contributed by atoms with Gasteiger partial charge in [0.25, 0.3) is 0 Å². The summed E-state index contributed by atoms with van der Waals surface area (Å²) >= 11 is 0.741. The van der Waals surface area contributed by atoms with Crippen molar-refractivity contribution in [3.63, 3.8) is 0 Å². The topological polar surface area (TPSA) is 189 Å². The number of thioether (sulfide) groups is 1. The number of ether oxygens (including phenoxy) is 1. The number of anilines is 1. The number of aliphatic hydroxyl groups is 2. The fraction of sp³-hybridized carbons (Fsp3) is 0.688. The summed E-state index contributed by atoms with van der Waals surface area (Å²) in [7, 11) is -5.98. The molecule has 0 saturated carbocycles. The number of phosphoric acid groups is 1. The van der Waals surface area contributed by atoms with Crippen molar-refractivity contribution in [3.8, 4) is 0 Å². The number of rotatable bonds is 11. The largest absolute Gasteiger partial charge is 0.469 e. The zero-order chi connectivity index (χ0) is 26.0. The highest BCUT2D eigenvalue weighted by molar-refractivity contribution is 7.99. The third-order valence-corrected chi connectivity index (χ3v) is 6.83. The molecule has 3 rings (SSSR count). The second-order valence-electron chi connectivity index (χ2n) is 7.43. The monoisotopic (exact) mass is 565 g/mol. The van der Waals surface area contributed by atoms with E-state index in [9.17, 15) is 32.2 Å². The number of nitrogens with one attached hydrogen (secondary N) is 1. The van der Waals surface area contributed by atoms with E-state index in [0.717, 1.165) is 11.8 Å². The van der Waals surface area contributed by atoms with Crippen LogP contribution in [0.4, 0.5) is 19.0 Å². The molecule has 1 fully saturated rings. The molecule has 1 aliphatic rings. The molecule has 0 aromatic carbocycles. The Morgan fingerprint density at radius 1 is 1.31 bits per heavy atom. The van der Waals surface area contributed by atoms with Crippen LogP contribution in [0.5, 0.6) is 0 Å². The number of fused-ring (bicyclic) bond motifs is 1. The molecule has 13 nitrogen and oxygen atoms in total. The van der Waals surface area contributed by atoms with E-state index in [-0.39, 0.29) is 40.2 Å². The number of aliphatic hydroxyl groups excluding tert-OH is 2. The Morgan fingerprint density at radius 3 is 2.66 bits per heavy atom. The van der Waals surface area contributed by atoms with Crippen LogP contribution in [0.25, 0.3) is 11.2 Å². The zero-order valence-corrected chi connectivity index (χ0v) is 20.6. The SMILES string of the molecule is CS(=O)CCNc1nc(SCCC(F)(F)F)nc2c1ncn2[C@@H]1O[C@H](COP(=O)(O)O)[C@@H](O)[C@H]1O. The van der Waals surface area contributed by atoms with Crippen LogP contribution in [0.1, 0.15) is 12.6 Å². The first kappa shape index (κ1) is 28.2. The smallest absolute Gasteiger partial charge is 0.387 e. The molecule has 0 aliphatic carbocycles. The van der Waals surface area contributed by atoms with Gasteiger partial charge in [-0.25, -0.2) is 19.5 Å². The molecule has 1 unspecified atom stereocenters. The molecular weight excluding hydrogens is 542 g/mol. The molecule has 0 radical (unpaired) electrons. The number of nitrogens with zero attached hydrogens (tertiary/aromatic N) is 4. The normalized spacial score (nSPS) is 24.2. The summed E-state index contributed by atoms with van der Waals surface area (Å²) < 4.78 is 71.1. The second-order valence-corrected chi connectivity index (χ2v) is 11.3. The van der Waals surface area contributed by atoms with Crippen molar-refractivity contribution < 1.29 is 51.2 Å². The summed E-state index contributed by atoms with van der Waals surface area (Å²) in [4.78, 5) is 30.3. The van der Waals surface area contributed by atoms with Gasteiger partial charge in [0.1, 0.15) is 18.3 Å². The summed E-state index contributed by atoms with van der Waals surface area (Å²) in [5.74, 6) is 0.0637. The lowest BCUT2D eigenvalue weighted by Crippen LogP contribution is -2.33. The van der Waals surface area contributed by atoms with E-state index in [2.05, 4.69) is 24.8 Å². The molecule has 3 heterocycles. The maximum atomic E-state index is 12.6. The van der Waals surface area contributed by atoms with E-state index in [1.54, 1.807) is 0 Å². The van der Waals surface area contributed by atoms with Gasteiger partial charge >= 0.3 is 14.0 Å². The molecule has 0 bridgehead atoms. The molecule has 35 heavy (non-hydrogen) atoms. The van der Waals surface area contributed by atoms with E-state index in [0.29, 0.717) is 0 Å². The lowest BCUT2D eigenvalue weighted by molar-refractivity contribution is -0.129. The minimum Gasteiger partial charge on any atom is -0.387 e. The average molecular weight is 565 g/mol. The van der Waals surface area contributed by atoms with E-state index in [1.807, 2.05) is 0 Å². The van der Waals surface area contributed by atoms with E-state index < -0.39 is 62.4 Å². The molecule has 0 amide bonds. The van der Waals surface area contributed by atoms with Crippen LogP contribution < -0.4 is 5.32 Å². The predicted octanol–water partition coefficient (Wildman–Crippen LogP) is 0.390. The van der Waals surface area contributed by atoms with Crippen molar-refractivity contribution >= 4 is 47.4 Å². The summed E-state index contributed by atoms with van der Waals surface area (Å²) in [5, 5.41) is 23.6. The van der Waals surface area contributed by atoms with Gasteiger partial charge in [0, 0.05) is 35.1 Å². The van der Waals surface area contributed by atoms with Crippen LogP contribution >= 0.6 is 19.6 Å². The second kappa shape index (κ2) is 11.4. The van der Waals surface area contributed by atoms with Crippen LogP contribution in [0.15, 0.2) is 11.5 Å². The number of phosphoric ester groups is 1. The van der Waals surface area contributed by atoms with Crippen molar-refractivity contribution in [1.29, 1.82) is 0 Å². The molecule has 2 aromatic rings. The Bertz CT molecular complexity index is 1100. The summed E-state index contributed by atoms with van der Waals surface area (Å²) in [5.41, 5.74) is 0.231. The first-order valence-corrected chi connectivity index (χ1v) is 14.2. The van der Waals surface area contributed by atoms with E-state index in [4.69, 9.17) is 14.5 Å². The lowest BCUT2D eigenvalue weighted by Gasteiger charge is -2.17. The van der Waals surface area contributed by atoms with Crippen LogP contribution in [-0.4, -0.2) is 99.1 Å². The summed E-state index contributed by atoms with van der Waals surface area (Å²) in [6.07, 6.45) is -8.50. The molecule has 19 heteroatoms. The maximum Gasteiger partial charge on any atom is 0.469 e. The third kappa shape index (κ3) is 7.80. The first-order valence-electron chi connectivity index (χ1n) is 9.95. The van der Waals surface area contributed by atoms with E-state index in [1.165, 1.54) is 17.2 Å². The van der Waals surface area contributed by atoms with Gasteiger partial charge < -0.3 is 30.1 Å². The Balaban J connectivity index is 1.90. The van der Waals surface area contributed by atoms with Gasteiger partial charge in [0.2, 0.25) is 0 Å². The number of hydrogen-bond donors (Lipinski definition) is 5. The first-order chi connectivity index (χ1) is 16.2. The van der Waals surface area contributed by atoms with Gasteiger partial charge in [-0.15, -0.1) is 0 Å². The minimum atomic E-state index is -4.86. The predicted molar refractivity (Wildman–Crippen MR) is 118 cm³/mol. The quantitative estimate of drug-likeness (QED) is 0.143. The fourth-order valence-electron chi connectivity index (χ4n) is 3.11. The molecule has 1 saturated heterocycles. The number of aromatic nitrogens is 4. The molecule has 5 N–H and O–H groups in total. The van der Waals surface area contributed by atoms with Gasteiger partial charge in [-0.2, -0.15) is 13.2 Å². The lowest BCUT2D eigenvalue weighted by atomic mass is 10.1. The van der Waals surface area contributed by atoms with Crippen molar-refractivity contribution in [1.82, 2.24) is 19.5 Å². The number of halogens is 3. The van der Waals surface area contributed by atoms with Crippen LogP contribution in [-0.2, 0) is 24.6 Å². The van der Waals surface area contributed by atoms with Crippen LogP contribution in [0, 0.1) is 0 Å². The standard InChI is InChI=1S/C16H23F3N5O8PS2/c1-35(30)5-3-20-12-9-13(23-15(22-12)34-4-2-16(17,18)19)24(7-21-9)14-11(26)10(25)8(32-14)6-31-33(27,28)29/h7-8,10-11,14,25-26H,2-6H2,1H3,(H,20,22,23)(H2,27,28,29)/t8-,10-,11-,14-,35?/m1/s1. The van der Waals surface area contributed by atoms with Crippen molar-refractivity contribution in [2.24, 2.45) is 0 Å². The minimum absolute atomic E-state index is 0.0296. The fourth-order valence-corrected chi connectivity index (χ4v) is 4.66. The third-order valence-electron chi connectivity index (χ3n) is 4.72. The highest BCUT2D eigenvalue weighted by Crippen LogP contribution is 2.39. The molecule has 1 aliphatic heterocycles. The van der Waals surface area contributed by atoms with Crippen molar-refractivity contribution in [2.45, 2.75) is 42.3 Å². The molecule has 198 valence electrons. The zero-order valence-electron chi connectivity index (χ0n) is 18.0. The Labute approximate surface area is 203 Å². The molecular formula is C16H23F3N5O8PS2. The highest BCUT2D eigenvalue weighted by Gasteiger charge is 2.45. The van der Waals surface area contributed by atoms with E-state index >= 15 is 0 Å². The van der Waals surface area contributed by atoms with Crippen LogP contribution in [0.2, 0.25) is 0 Å². The Morgan fingerprint density at radius 2 is 2.03 bits per heavy atom. The van der Waals surface area contributed by atoms with Gasteiger partial charge in [-0.05, 0) is 0 Å². The summed E-state index contributed by atoms with van der Waals surface area (Å²) in [6.45, 7) is -0.502.